The molecule has 2 aliphatic carbocycles. The minimum Gasteiger partial charge on any atom is -0.501 e. The molecule has 0 bridgehead atoms. The first-order chi connectivity index (χ1) is 26.4. The first-order valence-electron chi connectivity index (χ1n) is 20.2. The fourth-order valence-corrected chi connectivity index (χ4v) is 10.4. The average Bonchev–Trinajstić information content (AvgIpc) is 3.86. The Hall–Kier alpha value is -4.15. The molecular formula is C50H52IrN2OSi-2. The number of pyridine rings is 2. The van der Waals surface area contributed by atoms with E-state index in [0.717, 1.165) is 68.3 Å². The largest absolute Gasteiger partial charge is 0.501 e. The van der Waals surface area contributed by atoms with Crippen molar-refractivity contribution in [1.29, 1.82) is 0 Å². The Morgan fingerprint density at radius 1 is 0.655 bits per heavy atom. The number of hydrogen-bond donors (Lipinski definition) is 0. The Morgan fingerprint density at radius 3 is 2.15 bits per heavy atom. The Bertz CT molecular complexity index is 2320. The molecule has 5 heteroatoms. The van der Waals surface area contributed by atoms with Crippen LogP contribution in [0.25, 0.3) is 55.6 Å². The third-order valence-electron chi connectivity index (χ3n) is 11.6. The number of nitrogens with zero attached hydrogens (tertiary/aromatic N) is 2. The summed E-state index contributed by atoms with van der Waals surface area (Å²) in [4.78, 5) is 9.45. The van der Waals surface area contributed by atoms with Gasteiger partial charge in [0.25, 0.3) is 0 Å². The van der Waals surface area contributed by atoms with E-state index in [4.69, 9.17) is 9.40 Å². The van der Waals surface area contributed by atoms with Crippen LogP contribution in [0.1, 0.15) is 68.9 Å². The van der Waals surface area contributed by atoms with Gasteiger partial charge >= 0.3 is 0 Å². The summed E-state index contributed by atoms with van der Waals surface area (Å²) in [5.41, 5.74) is 11.1. The van der Waals surface area contributed by atoms with E-state index in [2.05, 4.69) is 122 Å². The molecule has 0 amide bonds. The smallest absolute Gasteiger partial charge is 0.121 e. The number of furan rings is 1. The molecule has 3 aromatic heterocycles. The molecule has 3 nitrogen and oxygen atoms in total. The van der Waals surface area contributed by atoms with Crippen molar-refractivity contribution in [3.63, 3.8) is 0 Å². The van der Waals surface area contributed by atoms with Gasteiger partial charge in [0.15, 0.2) is 0 Å². The Labute approximate surface area is 342 Å². The van der Waals surface area contributed by atoms with E-state index < -0.39 is 8.07 Å². The van der Waals surface area contributed by atoms with Crippen LogP contribution in [0.5, 0.6) is 0 Å². The molecule has 0 spiro atoms. The van der Waals surface area contributed by atoms with Crippen LogP contribution in [-0.2, 0) is 32.9 Å². The molecule has 55 heavy (non-hydrogen) atoms. The van der Waals surface area contributed by atoms with Crippen molar-refractivity contribution in [3.8, 4) is 33.6 Å². The quantitative estimate of drug-likeness (QED) is 0.113. The van der Waals surface area contributed by atoms with Gasteiger partial charge < -0.3 is 14.4 Å². The topological polar surface area (TPSA) is 38.9 Å². The number of fused-ring (bicyclic) bond motifs is 3. The molecule has 0 unspecified atom stereocenters. The van der Waals surface area contributed by atoms with Gasteiger partial charge in [0.1, 0.15) is 5.58 Å². The van der Waals surface area contributed by atoms with E-state index >= 15 is 0 Å². The first-order valence-corrected chi connectivity index (χ1v) is 23.7. The summed E-state index contributed by atoms with van der Waals surface area (Å²) in [7, 11) is -1.36. The minimum atomic E-state index is -1.36. The van der Waals surface area contributed by atoms with Crippen molar-refractivity contribution in [2.45, 2.75) is 90.3 Å². The Morgan fingerprint density at radius 2 is 1.40 bits per heavy atom. The van der Waals surface area contributed by atoms with Gasteiger partial charge in [0, 0.05) is 37.9 Å². The molecular weight excluding hydrogens is 865 g/mol. The summed E-state index contributed by atoms with van der Waals surface area (Å²) in [5.74, 6) is 1.69. The summed E-state index contributed by atoms with van der Waals surface area (Å²) in [6.45, 7) is 7.30. The number of aromatic nitrogens is 2. The predicted molar refractivity (Wildman–Crippen MR) is 229 cm³/mol. The maximum atomic E-state index is 6.40. The van der Waals surface area contributed by atoms with Gasteiger partial charge in [-0.2, -0.15) is 0 Å². The SMILES string of the molecule is C[Si](C)(C)c1cnc(-c2[c-]cccc2)cc1CC1CCCCC1.[Ir].[c-]1ccc2c(oc3cc(-c4ccccc4)ccc32)c1-c1cc(CC2CCCC2)ccn1. The zero-order valence-electron chi connectivity index (χ0n) is 32.5. The monoisotopic (exact) mass is 917 g/mol. The van der Waals surface area contributed by atoms with E-state index in [9.17, 15) is 0 Å². The molecule has 2 aliphatic rings. The van der Waals surface area contributed by atoms with Crippen molar-refractivity contribution in [1.82, 2.24) is 9.97 Å². The fraction of sp³-hybridized carbons (Fsp3) is 0.320. The van der Waals surface area contributed by atoms with Gasteiger partial charge in [-0.1, -0.05) is 154 Å². The summed E-state index contributed by atoms with van der Waals surface area (Å²) >= 11 is 0. The molecule has 0 N–H and O–H groups in total. The molecule has 2 fully saturated rings. The third-order valence-corrected chi connectivity index (χ3v) is 13.7. The molecule has 0 atom stereocenters. The van der Waals surface area contributed by atoms with Crippen LogP contribution in [0, 0.1) is 24.0 Å². The van der Waals surface area contributed by atoms with Crippen LogP contribution in [0.3, 0.4) is 0 Å². The van der Waals surface area contributed by atoms with Crippen molar-refractivity contribution in [2.24, 2.45) is 11.8 Å². The molecule has 4 aromatic carbocycles. The van der Waals surface area contributed by atoms with Crippen LogP contribution in [0.2, 0.25) is 19.6 Å². The molecule has 2 saturated carbocycles. The van der Waals surface area contributed by atoms with Crippen molar-refractivity contribution < 1.29 is 24.5 Å². The van der Waals surface area contributed by atoms with Crippen molar-refractivity contribution in [3.05, 3.63) is 139 Å². The fourth-order valence-electron chi connectivity index (χ4n) is 8.77. The zero-order chi connectivity index (χ0) is 36.9. The number of benzene rings is 4. The molecule has 3 heterocycles. The molecule has 0 aliphatic heterocycles. The molecule has 0 saturated heterocycles. The second-order valence-corrected chi connectivity index (χ2v) is 21.7. The van der Waals surface area contributed by atoms with Crippen LogP contribution >= 0.6 is 0 Å². The maximum absolute atomic E-state index is 6.40. The number of hydrogen-bond acceptors (Lipinski definition) is 3. The Kier molecular flexibility index (Phi) is 12.6. The van der Waals surface area contributed by atoms with Gasteiger partial charge in [0.05, 0.1) is 13.7 Å². The maximum Gasteiger partial charge on any atom is 0.121 e. The van der Waals surface area contributed by atoms with Gasteiger partial charge in [0.2, 0.25) is 0 Å². The number of rotatable bonds is 8. The van der Waals surface area contributed by atoms with Gasteiger partial charge in [-0.05, 0) is 64.5 Å². The summed E-state index contributed by atoms with van der Waals surface area (Å²) in [5, 5.41) is 3.79. The van der Waals surface area contributed by atoms with E-state index in [1.54, 1.807) is 10.8 Å². The molecule has 7 aromatic rings. The van der Waals surface area contributed by atoms with E-state index in [1.165, 1.54) is 75.3 Å². The van der Waals surface area contributed by atoms with Gasteiger partial charge in [-0.25, -0.2) is 0 Å². The minimum absolute atomic E-state index is 0. The summed E-state index contributed by atoms with van der Waals surface area (Å²) < 4.78 is 6.40. The normalized spacial score (nSPS) is 15.1. The Balaban J connectivity index is 0.000000174. The molecule has 283 valence electrons. The summed E-state index contributed by atoms with van der Waals surface area (Å²) in [6.07, 6.45) is 19.0. The molecule has 1 radical (unpaired) electrons. The van der Waals surface area contributed by atoms with Crippen LogP contribution in [0.4, 0.5) is 0 Å². The van der Waals surface area contributed by atoms with Crippen molar-refractivity contribution >= 4 is 35.2 Å². The first kappa shape index (κ1) is 39.1. The zero-order valence-corrected chi connectivity index (χ0v) is 35.9. The second-order valence-electron chi connectivity index (χ2n) is 16.6. The van der Waals surface area contributed by atoms with Crippen LogP contribution in [-0.4, -0.2) is 18.0 Å². The van der Waals surface area contributed by atoms with Crippen molar-refractivity contribution in [2.75, 3.05) is 0 Å². The average molecular weight is 917 g/mol. The third kappa shape index (κ3) is 9.29. The summed E-state index contributed by atoms with van der Waals surface area (Å²) in [6, 6.07) is 42.6. The standard InChI is InChI=1S/C29H24NO.C21H28NSi.Ir/c1-2-9-22(10-3-1)23-13-14-24-25-11-6-12-26(29(25)31-28(24)19-23)27-18-21(15-16-30-27)17-20-7-4-5-8-20;1-23(2,3)21-16-22-20(18-12-8-5-9-13-18)15-19(21)14-17-10-6-4-7-11-17;/h1-3,6,9-11,13-16,18-20H,4-5,7-8,17H2;5,8-9,12,15-17H,4,6-7,10-11,14H2,1-3H3;/q2*-1;. The van der Waals surface area contributed by atoms with E-state index in [0.29, 0.717) is 0 Å². The van der Waals surface area contributed by atoms with Crippen LogP contribution < -0.4 is 5.19 Å². The van der Waals surface area contributed by atoms with E-state index in [-0.39, 0.29) is 20.1 Å². The second kappa shape index (κ2) is 17.8. The van der Waals surface area contributed by atoms with Gasteiger partial charge in [-0.3, -0.25) is 0 Å². The predicted octanol–water partition coefficient (Wildman–Crippen LogP) is 13.1. The van der Waals surface area contributed by atoms with E-state index in [1.807, 2.05) is 30.5 Å². The van der Waals surface area contributed by atoms with Crippen LogP contribution in [0.15, 0.2) is 120 Å². The molecule has 9 rings (SSSR count). The van der Waals surface area contributed by atoms with Gasteiger partial charge in [-0.15, -0.1) is 54.1 Å².